The average Bonchev–Trinajstić information content (AvgIpc) is 3.41. The number of ether oxygens (including phenoxy) is 1. The number of hydrogen-bond acceptors (Lipinski definition) is 8. The summed E-state index contributed by atoms with van der Waals surface area (Å²) in [6, 6.07) is 6.85. The molecular formula is C17H15BrN4O4. The van der Waals surface area contributed by atoms with Gasteiger partial charge >= 0.3 is 5.97 Å². The molecule has 0 bridgehead atoms. The Bertz CT molecular complexity index is 917. The topological polar surface area (TPSA) is 94.5 Å². The third kappa shape index (κ3) is 3.48. The molecule has 0 amide bonds. The van der Waals surface area contributed by atoms with Gasteiger partial charge in [0.25, 0.3) is 11.8 Å². The average molecular weight is 419 g/mol. The first-order valence-electron chi connectivity index (χ1n) is 8.16. The second-order valence-electron chi connectivity index (χ2n) is 5.75. The first-order valence-corrected chi connectivity index (χ1v) is 8.95. The number of nitrogens with zero attached hydrogens (tertiary/aromatic N) is 4. The molecule has 1 aliphatic rings. The van der Waals surface area contributed by atoms with Crippen LogP contribution in [0.3, 0.4) is 0 Å². The maximum Gasteiger partial charge on any atom is 0.342 e. The SMILES string of the molecule is O=C(OCc1nnc(-c2ccc(Br)o2)o1)c1cccnc1N1CCCC1. The molecule has 0 unspecified atom stereocenters. The van der Waals surface area contributed by atoms with Gasteiger partial charge in [0.2, 0.25) is 0 Å². The van der Waals surface area contributed by atoms with Crippen molar-refractivity contribution in [2.45, 2.75) is 19.4 Å². The summed E-state index contributed by atoms with van der Waals surface area (Å²) >= 11 is 3.21. The van der Waals surface area contributed by atoms with Crippen molar-refractivity contribution in [3.8, 4) is 11.7 Å². The zero-order valence-corrected chi connectivity index (χ0v) is 15.3. The lowest BCUT2D eigenvalue weighted by molar-refractivity contribution is 0.0439. The lowest BCUT2D eigenvalue weighted by atomic mass is 10.2. The van der Waals surface area contributed by atoms with Crippen molar-refractivity contribution in [3.05, 3.63) is 46.6 Å². The Morgan fingerprint density at radius 1 is 1.19 bits per heavy atom. The van der Waals surface area contributed by atoms with Crippen LogP contribution in [0, 0.1) is 0 Å². The molecule has 1 saturated heterocycles. The number of furan rings is 1. The molecule has 9 heteroatoms. The minimum absolute atomic E-state index is 0.123. The molecule has 4 heterocycles. The summed E-state index contributed by atoms with van der Waals surface area (Å²) in [5.74, 6) is 1.03. The minimum atomic E-state index is -0.472. The molecule has 0 spiro atoms. The van der Waals surface area contributed by atoms with E-state index in [0.29, 0.717) is 21.8 Å². The van der Waals surface area contributed by atoms with Gasteiger partial charge in [0.15, 0.2) is 17.0 Å². The molecule has 8 nitrogen and oxygen atoms in total. The van der Waals surface area contributed by atoms with Gasteiger partial charge in [-0.05, 0) is 53.0 Å². The Hall–Kier alpha value is -2.68. The molecule has 1 fully saturated rings. The molecule has 3 aromatic heterocycles. The second-order valence-corrected chi connectivity index (χ2v) is 6.53. The summed E-state index contributed by atoms with van der Waals surface area (Å²) in [6.07, 6.45) is 3.87. The fourth-order valence-corrected chi connectivity index (χ4v) is 3.09. The number of aromatic nitrogens is 3. The zero-order valence-electron chi connectivity index (χ0n) is 13.7. The summed E-state index contributed by atoms with van der Waals surface area (Å²) < 4.78 is 16.7. The van der Waals surface area contributed by atoms with Crippen molar-refractivity contribution in [3.63, 3.8) is 0 Å². The number of rotatable bonds is 5. The monoisotopic (exact) mass is 418 g/mol. The number of hydrogen-bond donors (Lipinski definition) is 0. The summed E-state index contributed by atoms with van der Waals surface area (Å²) in [7, 11) is 0. The first-order chi connectivity index (χ1) is 12.7. The van der Waals surface area contributed by atoms with Crippen LogP contribution in [0.4, 0.5) is 5.82 Å². The van der Waals surface area contributed by atoms with Crippen LogP contribution in [-0.2, 0) is 11.3 Å². The Balaban J connectivity index is 1.44. The second kappa shape index (κ2) is 7.28. The van der Waals surface area contributed by atoms with E-state index in [1.165, 1.54) is 0 Å². The van der Waals surface area contributed by atoms with Crippen molar-refractivity contribution in [2.24, 2.45) is 0 Å². The standard InChI is InChI=1S/C17H15BrN4O4/c18-13-6-5-12(25-13)16-21-20-14(26-16)10-24-17(23)11-4-3-7-19-15(11)22-8-1-2-9-22/h3-7H,1-2,8-10H2. The van der Waals surface area contributed by atoms with Crippen molar-refractivity contribution in [2.75, 3.05) is 18.0 Å². The summed E-state index contributed by atoms with van der Waals surface area (Å²) in [6.45, 7) is 1.66. The van der Waals surface area contributed by atoms with E-state index in [4.69, 9.17) is 13.6 Å². The molecule has 0 radical (unpaired) electrons. The van der Waals surface area contributed by atoms with Crippen LogP contribution < -0.4 is 4.90 Å². The van der Waals surface area contributed by atoms with Crippen molar-refractivity contribution in [1.82, 2.24) is 15.2 Å². The van der Waals surface area contributed by atoms with E-state index in [9.17, 15) is 4.79 Å². The lowest BCUT2D eigenvalue weighted by Crippen LogP contribution is -2.22. The largest absolute Gasteiger partial charge is 0.452 e. The number of pyridine rings is 1. The minimum Gasteiger partial charge on any atom is -0.452 e. The molecule has 3 aromatic rings. The zero-order chi connectivity index (χ0) is 17.9. The van der Waals surface area contributed by atoms with Gasteiger partial charge in [0.1, 0.15) is 11.4 Å². The molecule has 0 N–H and O–H groups in total. The highest BCUT2D eigenvalue weighted by Crippen LogP contribution is 2.25. The molecule has 4 rings (SSSR count). The molecule has 0 aromatic carbocycles. The maximum atomic E-state index is 12.5. The highest BCUT2D eigenvalue weighted by molar-refractivity contribution is 9.10. The predicted octanol–water partition coefficient (Wildman–Crippen LogP) is 3.44. The van der Waals surface area contributed by atoms with Gasteiger partial charge in [-0.1, -0.05) is 0 Å². The molecule has 0 aliphatic carbocycles. The number of carbonyl (C=O) groups is 1. The van der Waals surface area contributed by atoms with E-state index in [0.717, 1.165) is 25.9 Å². The van der Waals surface area contributed by atoms with Gasteiger partial charge in [-0.25, -0.2) is 9.78 Å². The number of anilines is 1. The quantitative estimate of drug-likeness (QED) is 0.581. The van der Waals surface area contributed by atoms with Gasteiger partial charge in [-0.15, -0.1) is 10.2 Å². The maximum absolute atomic E-state index is 12.5. The van der Waals surface area contributed by atoms with E-state index < -0.39 is 5.97 Å². The van der Waals surface area contributed by atoms with Crippen molar-refractivity contribution < 1.29 is 18.4 Å². The van der Waals surface area contributed by atoms with Gasteiger partial charge in [-0.2, -0.15) is 0 Å². The summed E-state index contributed by atoms with van der Waals surface area (Å²) in [5.41, 5.74) is 0.434. The van der Waals surface area contributed by atoms with Crippen LogP contribution >= 0.6 is 15.9 Å². The van der Waals surface area contributed by atoms with Gasteiger partial charge in [-0.3, -0.25) is 0 Å². The van der Waals surface area contributed by atoms with Crippen LogP contribution in [0.1, 0.15) is 29.1 Å². The number of esters is 1. The van der Waals surface area contributed by atoms with Crippen LogP contribution in [0.15, 0.2) is 44.0 Å². The normalized spacial score (nSPS) is 14.0. The molecule has 1 aliphatic heterocycles. The highest BCUT2D eigenvalue weighted by atomic mass is 79.9. The third-order valence-electron chi connectivity index (χ3n) is 3.99. The van der Waals surface area contributed by atoms with Crippen molar-refractivity contribution >= 4 is 27.7 Å². The number of halogens is 1. The van der Waals surface area contributed by atoms with Crippen LogP contribution in [-0.4, -0.2) is 34.2 Å². The van der Waals surface area contributed by atoms with Gasteiger partial charge in [0, 0.05) is 19.3 Å². The first kappa shape index (κ1) is 16.8. The van der Waals surface area contributed by atoms with E-state index in [1.54, 1.807) is 30.5 Å². The van der Waals surface area contributed by atoms with Crippen LogP contribution in [0.5, 0.6) is 0 Å². The van der Waals surface area contributed by atoms with Crippen molar-refractivity contribution in [1.29, 1.82) is 0 Å². The molecule has 134 valence electrons. The number of carbonyl (C=O) groups excluding carboxylic acids is 1. The van der Waals surface area contributed by atoms with E-state index >= 15 is 0 Å². The van der Waals surface area contributed by atoms with E-state index in [-0.39, 0.29) is 18.4 Å². The third-order valence-corrected chi connectivity index (χ3v) is 4.42. The Kier molecular flexibility index (Phi) is 4.70. The highest BCUT2D eigenvalue weighted by Gasteiger charge is 2.22. The Morgan fingerprint density at radius 2 is 2.04 bits per heavy atom. The smallest absolute Gasteiger partial charge is 0.342 e. The van der Waals surface area contributed by atoms with E-state index in [2.05, 4.69) is 36.0 Å². The molecule has 0 atom stereocenters. The fraction of sp³-hybridized carbons (Fsp3) is 0.294. The Morgan fingerprint density at radius 3 is 2.81 bits per heavy atom. The summed E-state index contributed by atoms with van der Waals surface area (Å²) in [4.78, 5) is 18.9. The Labute approximate surface area is 157 Å². The van der Waals surface area contributed by atoms with Crippen LogP contribution in [0.2, 0.25) is 0 Å². The molecule has 0 saturated carbocycles. The van der Waals surface area contributed by atoms with Crippen LogP contribution in [0.25, 0.3) is 11.7 Å². The molecule has 26 heavy (non-hydrogen) atoms. The van der Waals surface area contributed by atoms with E-state index in [1.807, 2.05) is 0 Å². The summed E-state index contributed by atoms with van der Waals surface area (Å²) in [5, 5.41) is 7.76. The van der Waals surface area contributed by atoms with Gasteiger partial charge in [0.05, 0.1) is 0 Å². The van der Waals surface area contributed by atoms with Gasteiger partial charge < -0.3 is 18.5 Å². The predicted molar refractivity (Wildman–Crippen MR) is 94.5 cm³/mol. The molecular weight excluding hydrogens is 404 g/mol. The lowest BCUT2D eigenvalue weighted by Gasteiger charge is -2.18. The fourth-order valence-electron chi connectivity index (χ4n) is 2.78.